The number of hydrogen-bond acceptors (Lipinski definition) is 4. The minimum atomic E-state index is -0.0709. The number of phenolic OH excluding ortho intramolecular Hbond substituents is 2. The van der Waals surface area contributed by atoms with Gasteiger partial charge in [0.15, 0.2) is 5.75 Å². The summed E-state index contributed by atoms with van der Waals surface area (Å²) in [6.45, 7) is 0. The molecular formula is C8H7NO2S. The van der Waals surface area contributed by atoms with Crippen LogP contribution in [0.15, 0.2) is 17.5 Å². The first-order valence-corrected chi connectivity index (χ1v) is 4.25. The van der Waals surface area contributed by atoms with Crippen LogP contribution >= 0.6 is 11.3 Å². The van der Waals surface area contributed by atoms with Crippen LogP contribution < -0.4 is 5.73 Å². The number of aromatic hydroxyl groups is 2. The molecule has 0 radical (unpaired) electrons. The van der Waals surface area contributed by atoms with Crippen molar-refractivity contribution < 1.29 is 10.2 Å². The number of rotatable bonds is 0. The van der Waals surface area contributed by atoms with Crippen LogP contribution in [0.3, 0.4) is 0 Å². The van der Waals surface area contributed by atoms with E-state index in [4.69, 9.17) is 5.73 Å². The number of benzene rings is 1. The summed E-state index contributed by atoms with van der Waals surface area (Å²) in [6.07, 6.45) is 0. The van der Waals surface area contributed by atoms with Gasteiger partial charge in [-0.25, -0.2) is 0 Å². The third-order valence-electron chi connectivity index (χ3n) is 1.73. The predicted octanol–water partition coefficient (Wildman–Crippen LogP) is 1.89. The van der Waals surface area contributed by atoms with Crippen molar-refractivity contribution in [1.82, 2.24) is 0 Å². The van der Waals surface area contributed by atoms with Crippen molar-refractivity contribution in [2.24, 2.45) is 0 Å². The third-order valence-corrected chi connectivity index (χ3v) is 2.67. The molecule has 0 fully saturated rings. The van der Waals surface area contributed by atoms with Crippen molar-refractivity contribution in [3.63, 3.8) is 0 Å². The molecule has 4 heteroatoms. The molecule has 0 aliphatic heterocycles. The maximum Gasteiger partial charge on any atom is 0.160 e. The van der Waals surface area contributed by atoms with Crippen LogP contribution in [0.1, 0.15) is 0 Å². The highest BCUT2D eigenvalue weighted by Crippen LogP contribution is 2.40. The molecule has 0 aliphatic carbocycles. The zero-order valence-electron chi connectivity index (χ0n) is 6.11. The maximum atomic E-state index is 9.45. The van der Waals surface area contributed by atoms with Gasteiger partial charge in [-0.1, -0.05) is 0 Å². The second kappa shape index (κ2) is 2.28. The van der Waals surface area contributed by atoms with Gasteiger partial charge in [0.25, 0.3) is 0 Å². The average Bonchev–Trinajstić information content (AvgIpc) is 2.48. The van der Waals surface area contributed by atoms with Crippen molar-refractivity contribution in [3.8, 4) is 11.5 Å². The molecule has 2 aromatic rings. The Balaban J connectivity index is 2.94. The van der Waals surface area contributed by atoms with Crippen molar-refractivity contribution in [2.45, 2.75) is 0 Å². The van der Waals surface area contributed by atoms with Crippen LogP contribution in [0.25, 0.3) is 10.1 Å². The Labute approximate surface area is 72.7 Å². The van der Waals surface area contributed by atoms with Gasteiger partial charge in [-0.15, -0.1) is 11.3 Å². The van der Waals surface area contributed by atoms with E-state index in [9.17, 15) is 10.2 Å². The molecule has 1 aromatic carbocycles. The van der Waals surface area contributed by atoms with E-state index in [0.29, 0.717) is 4.70 Å². The van der Waals surface area contributed by atoms with Gasteiger partial charge >= 0.3 is 0 Å². The van der Waals surface area contributed by atoms with E-state index in [-0.39, 0.29) is 17.2 Å². The van der Waals surface area contributed by atoms with Gasteiger partial charge in [-0.05, 0) is 17.5 Å². The number of phenols is 2. The lowest BCUT2D eigenvalue weighted by atomic mass is 10.2. The molecule has 62 valence electrons. The van der Waals surface area contributed by atoms with E-state index in [1.54, 1.807) is 6.07 Å². The first-order valence-electron chi connectivity index (χ1n) is 3.38. The molecule has 3 nitrogen and oxygen atoms in total. The highest BCUT2D eigenvalue weighted by atomic mass is 32.1. The molecule has 0 amide bonds. The standard InChI is InChI=1S/C8H7NO2S/c9-6-5(10)3-4-1-2-12-8(4)7(6)11/h1-3,10-11H,9H2. The molecule has 0 atom stereocenters. The Morgan fingerprint density at radius 2 is 2.08 bits per heavy atom. The summed E-state index contributed by atoms with van der Waals surface area (Å²) < 4.78 is 0.713. The van der Waals surface area contributed by atoms with E-state index < -0.39 is 0 Å². The van der Waals surface area contributed by atoms with Crippen molar-refractivity contribution in [3.05, 3.63) is 17.5 Å². The summed E-state index contributed by atoms with van der Waals surface area (Å²) in [5.74, 6) is -0.0987. The first kappa shape index (κ1) is 7.24. The summed E-state index contributed by atoms with van der Waals surface area (Å²) in [5, 5.41) is 21.3. The second-order valence-corrected chi connectivity index (χ2v) is 3.41. The second-order valence-electron chi connectivity index (χ2n) is 2.50. The van der Waals surface area contributed by atoms with Crippen molar-refractivity contribution in [2.75, 3.05) is 5.73 Å². The summed E-state index contributed by atoms with van der Waals surface area (Å²) in [7, 11) is 0. The lowest BCUT2D eigenvalue weighted by Crippen LogP contribution is -1.85. The van der Waals surface area contributed by atoms with Crippen LogP contribution in [-0.4, -0.2) is 10.2 Å². The highest BCUT2D eigenvalue weighted by molar-refractivity contribution is 7.17. The third kappa shape index (κ3) is 0.816. The molecule has 0 spiro atoms. The number of hydrogen-bond donors (Lipinski definition) is 3. The minimum Gasteiger partial charge on any atom is -0.506 e. The van der Waals surface area contributed by atoms with Gasteiger partial charge < -0.3 is 15.9 Å². The number of anilines is 1. The normalized spacial score (nSPS) is 10.7. The Hall–Kier alpha value is -1.42. The molecule has 0 saturated carbocycles. The highest BCUT2D eigenvalue weighted by Gasteiger charge is 2.09. The maximum absolute atomic E-state index is 9.45. The predicted molar refractivity (Wildman–Crippen MR) is 49.6 cm³/mol. The largest absolute Gasteiger partial charge is 0.506 e. The molecule has 0 saturated heterocycles. The summed E-state index contributed by atoms with van der Waals surface area (Å²) in [4.78, 5) is 0. The van der Waals surface area contributed by atoms with Gasteiger partial charge in [-0.2, -0.15) is 0 Å². The lowest BCUT2D eigenvalue weighted by Gasteiger charge is -2.01. The van der Waals surface area contributed by atoms with Gasteiger partial charge in [0, 0.05) is 5.39 Å². The number of nitrogen functional groups attached to an aromatic ring is 1. The average molecular weight is 181 g/mol. The van der Waals surface area contributed by atoms with Gasteiger partial charge in [-0.3, -0.25) is 0 Å². The van der Waals surface area contributed by atoms with Crippen molar-refractivity contribution in [1.29, 1.82) is 0 Å². The van der Waals surface area contributed by atoms with Crippen molar-refractivity contribution >= 4 is 27.1 Å². The number of fused-ring (bicyclic) bond motifs is 1. The number of thiophene rings is 1. The zero-order chi connectivity index (χ0) is 8.72. The zero-order valence-corrected chi connectivity index (χ0v) is 6.93. The Morgan fingerprint density at radius 1 is 1.33 bits per heavy atom. The molecule has 4 N–H and O–H groups in total. The molecule has 2 rings (SSSR count). The van der Waals surface area contributed by atoms with Gasteiger partial charge in [0.05, 0.1) is 4.70 Å². The SMILES string of the molecule is Nc1c(O)cc2ccsc2c1O. The first-order chi connectivity index (χ1) is 5.70. The quantitative estimate of drug-likeness (QED) is 0.429. The van der Waals surface area contributed by atoms with Gasteiger partial charge in [0.1, 0.15) is 11.4 Å². The Kier molecular flexibility index (Phi) is 1.38. The van der Waals surface area contributed by atoms with Crippen LogP contribution in [0.2, 0.25) is 0 Å². The minimum absolute atomic E-state index is 0.0278. The van der Waals surface area contributed by atoms with E-state index in [1.165, 1.54) is 11.3 Å². The summed E-state index contributed by atoms with van der Waals surface area (Å²) >= 11 is 1.40. The Bertz CT molecular complexity index is 436. The molecule has 1 aromatic heterocycles. The van der Waals surface area contributed by atoms with Gasteiger partial charge in [0.2, 0.25) is 0 Å². The fourth-order valence-corrected chi connectivity index (χ4v) is 1.93. The van der Waals surface area contributed by atoms with Crippen LogP contribution in [-0.2, 0) is 0 Å². The summed E-state index contributed by atoms with van der Waals surface area (Å²) in [6, 6.07) is 3.36. The van der Waals surface area contributed by atoms with Crippen LogP contribution in [0.5, 0.6) is 11.5 Å². The fourth-order valence-electron chi connectivity index (χ4n) is 1.09. The topological polar surface area (TPSA) is 66.5 Å². The molecule has 0 bridgehead atoms. The molecule has 0 unspecified atom stereocenters. The summed E-state index contributed by atoms with van der Waals surface area (Å²) in [5.41, 5.74) is 5.46. The monoisotopic (exact) mass is 181 g/mol. The molecular weight excluding hydrogens is 174 g/mol. The van der Waals surface area contributed by atoms with Crippen LogP contribution in [0.4, 0.5) is 5.69 Å². The fraction of sp³-hybridized carbons (Fsp3) is 0. The van der Waals surface area contributed by atoms with E-state index in [2.05, 4.69) is 0 Å². The molecule has 12 heavy (non-hydrogen) atoms. The smallest absolute Gasteiger partial charge is 0.160 e. The van der Waals surface area contributed by atoms with Crippen LogP contribution in [0, 0.1) is 0 Å². The lowest BCUT2D eigenvalue weighted by molar-refractivity contribution is 0.460. The van der Waals surface area contributed by atoms with E-state index >= 15 is 0 Å². The molecule has 0 aliphatic rings. The van der Waals surface area contributed by atoms with E-state index in [0.717, 1.165) is 5.39 Å². The van der Waals surface area contributed by atoms with E-state index in [1.807, 2.05) is 11.4 Å². The Morgan fingerprint density at radius 3 is 2.83 bits per heavy atom. The molecule has 1 heterocycles. The number of nitrogens with two attached hydrogens (primary N) is 1.